The molecule has 0 aliphatic heterocycles. The Labute approximate surface area is 166 Å². The second-order valence-electron chi connectivity index (χ2n) is 6.05. The Balaban J connectivity index is 1.72. The highest BCUT2D eigenvalue weighted by atomic mass is 32.2. The van der Waals surface area contributed by atoms with Crippen LogP contribution in [0.3, 0.4) is 0 Å². The van der Waals surface area contributed by atoms with E-state index in [9.17, 15) is 18.0 Å². The summed E-state index contributed by atoms with van der Waals surface area (Å²) in [4.78, 5) is 17.4. The van der Waals surface area contributed by atoms with Gasteiger partial charge < -0.3 is 0 Å². The van der Waals surface area contributed by atoms with E-state index in [1.54, 1.807) is 29.6 Å². The number of nitrogens with zero attached hydrogens (tertiary/aromatic N) is 2. The Morgan fingerprint density at radius 1 is 1.00 bits per heavy atom. The van der Waals surface area contributed by atoms with Gasteiger partial charge in [-0.1, -0.05) is 36.0 Å². The molecule has 0 radical (unpaired) electrons. The lowest BCUT2D eigenvalue weighted by molar-refractivity contribution is 0.507. The van der Waals surface area contributed by atoms with Gasteiger partial charge in [-0.3, -0.25) is 9.36 Å². The predicted octanol–water partition coefficient (Wildman–Crippen LogP) is 5.22. The van der Waals surface area contributed by atoms with E-state index in [1.165, 1.54) is 39.8 Å². The molecule has 0 aliphatic rings. The van der Waals surface area contributed by atoms with Crippen LogP contribution in [-0.2, 0) is 12.3 Å². The highest BCUT2D eigenvalue weighted by molar-refractivity contribution is 7.98. The standard InChI is InChI=1S/C20H13F3N2OS2/c21-14-4-2-1-3-13(14)10-25-19(26)18-17(7-8-27-18)24-20(25)28-11-12-5-6-15(22)16(23)9-12/h1-9H,10-11H2. The molecule has 0 saturated heterocycles. The molecule has 0 bridgehead atoms. The molecule has 0 N–H and O–H groups in total. The summed E-state index contributed by atoms with van der Waals surface area (Å²) >= 11 is 2.50. The molecule has 2 aromatic carbocycles. The van der Waals surface area contributed by atoms with Gasteiger partial charge in [-0.05, 0) is 35.2 Å². The average Bonchev–Trinajstić information content (AvgIpc) is 3.15. The predicted molar refractivity (Wildman–Crippen MR) is 105 cm³/mol. The van der Waals surface area contributed by atoms with Gasteiger partial charge in [0.2, 0.25) is 0 Å². The van der Waals surface area contributed by atoms with Crippen LogP contribution in [0.25, 0.3) is 10.2 Å². The molecule has 0 aliphatic carbocycles. The second-order valence-corrected chi connectivity index (χ2v) is 7.91. The van der Waals surface area contributed by atoms with Crippen molar-refractivity contribution >= 4 is 33.3 Å². The summed E-state index contributed by atoms with van der Waals surface area (Å²) in [5.41, 5.74) is 1.24. The minimum atomic E-state index is -0.928. The quantitative estimate of drug-likeness (QED) is 0.329. The molecule has 0 atom stereocenters. The van der Waals surface area contributed by atoms with Crippen molar-refractivity contribution in [3.8, 4) is 0 Å². The van der Waals surface area contributed by atoms with E-state index < -0.39 is 17.5 Å². The van der Waals surface area contributed by atoms with Gasteiger partial charge >= 0.3 is 0 Å². The first-order valence-electron chi connectivity index (χ1n) is 8.31. The third kappa shape index (κ3) is 3.70. The molecule has 4 aromatic rings. The van der Waals surface area contributed by atoms with E-state index in [0.29, 0.717) is 26.5 Å². The highest BCUT2D eigenvalue weighted by Gasteiger charge is 2.15. The van der Waals surface area contributed by atoms with Gasteiger partial charge in [-0.2, -0.15) is 0 Å². The number of benzene rings is 2. The van der Waals surface area contributed by atoms with Gasteiger partial charge in [-0.15, -0.1) is 11.3 Å². The van der Waals surface area contributed by atoms with Gasteiger partial charge in [0.25, 0.3) is 5.56 Å². The van der Waals surface area contributed by atoms with Crippen LogP contribution in [0.15, 0.2) is 63.9 Å². The van der Waals surface area contributed by atoms with Crippen LogP contribution in [0, 0.1) is 17.5 Å². The molecule has 0 spiro atoms. The maximum Gasteiger partial charge on any atom is 0.272 e. The Morgan fingerprint density at radius 3 is 2.61 bits per heavy atom. The van der Waals surface area contributed by atoms with Crippen LogP contribution >= 0.6 is 23.1 Å². The van der Waals surface area contributed by atoms with Crippen LogP contribution in [0.2, 0.25) is 0 Å². The van der Waals surface area contributed by atoms with Gasteiger partial charge in [0.05, 0.1) is 12.1 Å². The van der Waals surface area contributed by atoms with Crippen molar-refractivity contribution in [2.45, 2.75) is 17.5 Å². The zero-order valence-corrected chi connectivity index (χ0v) is 16.0. The maximum atomic E-state index is 14.1. The van der Waals surface area contributed by atoms with Crippen molar-refractivity contribution in [1.29, 1.82) is 0 Å². The highest BCUT2D eigenvalue weighted by Crippen LogP contribution is 2.25. The van der Waals surface area contributed by atoms with Gasteiger partial charge in [0.1, 0.15) is 10.5 Å². The summed E-state index contributed by atoms with van der Waals surface area (Å²) in [6.07, 6.45) is 0. The molecule has 0 amide bonds. The van der Waals surface area contributed by atoms with Crippen molar-refractivity contribution in [3.63, 3.8) is 0 Å². The molecule has 28 heavy (non-hydrogen) atoms. The molecule has 0 fully saturated rings. The smallest absolute Gasteiger partial charge is 0.272 e. The minimum Gasteiger partial charge on any atom is -0.282 e. The molecule has 2 heterocycles. The van der Waals surface area contributed by atoms with Crippen molar-refractivity contribution < 1.29 is 13.2 Å². The summed E-state index contributed by atoms with van der Waals surface area (Å²) in [6, 6.07) is 11.6. The number of hydrogen-bond acceptors (Lipinski definition) is 4. The summed E-state index contributed by atoms with van der Waals surface area (Å²) in [6.45, 7) is 0.0342. The Morgan fingerprint density at radius 2 is 1.82 bits per heavy atom. The van der Waals surface area contributed by atoms with E-state index in [-0.39, 0.29) is 17.9 Å². The molecule has 3 nitrogen and oxygen atoms in total. The summed E-state index contributed by atoms with van der Waals surface area (Å²) in [5.74, 6) is -1.96. The first-order chi connectivity index (χ1) is 13.5. The maximum absolute atomic E-state index is 14.1. The fourth-order valence-electron chi connectivity index (χ4n) is 2.75. The van der Waals surface area contributed by atoms with E-state index in [2.05, 4.69) is 4.98 Å². The lowest BCUT2D eigenvalue weighted by Gasteiger charge is -2.13. The number of fused-ring (bicyclic) bond motifs is 1. The molecular weight excluding hydrogens is 405 g/mol. The van der Waals surface area contributed by atoms with E-state index in [0.717, 1.165) is 12.1 Å². The summed E-state index contributed by atoms with van der Waals surface area (Å²) < 4.78 is 42.6. The lowest BCUT2D eigenvalue weighted by Crippen LogP contribution is -2.23. The van der Waals surface area contributed by atoms with Crippen LogP contribution < -0.4 is 5.56 Å². The Hall–Kier alpha value is -2.58. The van der Waals surface area contributed by atoms with Crippen LogP contribution in [0.5, 0.6) is 0 Å². The largest absolute Gasteiger partial charge is 0.282 e. The topological polar surface area (TPSA) is 34.9 Å². The number of rotatable bonds is 5. The van der Waals surface area contributed by atoms with Crippen molar-refractivity contribution in [1.82, 2.24) is 9.55 Å². The summed E-state index contributed by atoms with van der Waals surface area (Å²) in [7, 11) is 0. The Kier molecular flexibility index (Phi) is 5.23. The zero-order valence-electron chi connectivity index (χ0n) is 14.4. The van der Waals surface area contributed by atoms with E-state index >= 15 is 0 Å². The van der Waals surface area contributed by atoms with Crippen molar-refractivity contribution in [3.05, 3.63) is 92.8 Å². The van der Waals surface area contributed by atoms with Crippen LogP contribution in [0.1, 0.15) is 11.1 Å². The van der Waals surface area contributed by atoms with E-state index in [4.69, 9.17) is 0 Å². The first-order valence-corrected chi connectivity index (χ1v) is 10.2. The van der Waals surface area contributed by atoms with E-state index in [1.807, 2.05) is 0 Å². The van der Waals surface area contributed by atoms with Crippen LogP contribution in [0.4, 0.5) is 13.2 Å². The SMILES string of the molecule is O=c1c2sccc2nc(SCc2ccc(F)c(F)c2)n1Cc1ccccc1F. The average molecular weight is 418 g/mol. The molecule has 0 unspecified atom stereocenters. The third-order valence-electron chi connectivity index (χ3n) is 4.17. The number of halogens is 3. The number of thiophene rings is 1. The van der Waals surface area contributed by atoms with Gasteiger partial charge in [0, 0.05) is 11.3 Å². The fraction of sp³-hybridized carbons (Fsp3) is 0.100. The summed E-state index contributed by atoms with van der Waals surface area (Å²) in [5, 5.41) is 2.17. The number of hydrogen-bond donors (Lipinski definition) is 0. The molecule has 2 aromatic heterocycles. The zero-order chi connectivity index (χ0) is 19.7. The first kappa shape index (κ1) is 18.8. The van der Waals surface area contributed by atoms with Gasteiger partial charge in [-0.25, -0.2) is 18.2 Å². The molecule has 8 heteroatoms. The normalized spacial score (nSPS) is 11.2. The fourth-order valence-corrected chi connectivity index (χ4v) is 4.47. The second kappa shape index (κ2) is 7.81. The van der Waals surface area contributed by atoms with Crippen molar-refractivity contribution in [2.75, 3.05) is 0 Å². The van der Waals surface area contributed by atoms with Crippen LogP contribution in [-0.4, -0.2) is 9.55 Å². The molecule has 0 saturated carbocycles. The molecule has 4 rings (SSSR count). The van der Waals surface area contributed by atoms with Crippen molar-refractivity contribution in [2.24, 2.45) is 0 Å². The Bertz CT molecular complexity index is 1220. The lowest BCUT2D eigenvalue weighted by atomic mass is 10.2. The number of aromatic nitrogens is 2. The number of thioether (sulfide) groups is 1. The minimum absolute atomic E-state index is 0.0342. The molecular formula is C20H13F3N2OS2. The van der Waals surface area contributed by atoms with Gasteiger partial charge in [0.15, 0.2) is 16.8 Å². The third-order valence-corrected chi connectivity index (χ3v) is 6.11. The monoisotopic (exact) mass is 418 g/mol. The molecule has 142 valence electrons.